The molecule has 2 saturated heterocycles. The summed E-state index contributed by atoms with van der Waals surface area (Å²) in [4.78, 5) is 65.1. The van der Waals surface area contributed by atoms with Gasteiger partial charge in [-0.15, -0.1) is 0 Å². The number of Topliss-reactive ketones (excluding diaryl/α,β-unsaturated/α-hetero) is 1. The van der Waals surface area contributed by atoms with Crippen LogP contribution in [0.4, 0.5) is 17.6 Å². The molecule has 2 aromatic carbocycles. The lowest BCUT2D eigenvalue weighted by atomic mass is 9.84. The summed E-state index contributed by atoms with van der Waals surface area (Å²) in [7, 11) is 3.40. The summed E-state index contributed by atoms with van der Waals surface area (Å²) in [5, 5.41) is 1.91. The number of hydrazine groups is 1. The molecule has 7 rings (SSSR count). The number of hydrogen-bond acceptors (Lipinski definition) is 9. The van der Waals surface area contributed by atoms with Crippen molar-refractivity contribution in [2.45, 2.75) is 102 Å². The van der Waals surface area contributed by atoms with Crippen molar-refractivity contribution in [3.63, 3.8) is 0 Å². The Kier molecular flexibility index (Phi) is 17.4. The SMILES string of the molecule is C=CC(=O)N1CCC(CN(C)[C@H](C(=O)C(I)[C@H]2Cc3cc(CF)cc(c3)-c3ccc4c(c3)c(c(-c3cccnc3[C@H](C)OC)n4CC(F)(F)F)CC(C)(C)COC(=O)[C@@H]3CCCN(NC3=S)C2=O)C(C)C)C1. The molecule has 4 aromatic rings. The smallest absolute Gasteiger partial charge is 0.406 e. The molecule has 0 radical (unpaired) electrons. The lowest BCUT2D eigenvalue weighted by molar-refractivity contribution is -0.149. The summed E-state index contributed by atoms with van der Waals surface area (Å²) in [6.45, 7) is 12.6. The molecule has 18 heteroatoms. The zero-order valence-electron chi connectivity index (χ0n) is 42.0. The Bertz CT molecular complexity index is 2710. The number of cyclic esters (lactones) is 1. The molecule has 1 N–H and O–H groups in total. The Morgan fingerprint density at radius 2 is 1.85 bits per heavy atom. The van der Waals surface area contributed by atoms with Crippen molar-refractivity contribution >= 4 is 74.3 Å². The number of ketones is 1. The van der Waals surface area contributed by atoms with E-state index in [0.29, 0.717) is 81.7 Å². The Morgan fingerprint density at radius 3 is 2.53 bits per heavy atom. The predicted octanol–water partition coefficient (Wildman–Crippen LogP) is 9.83. The topological polar surface area (TPSA) is 126 Å². The van der Waals surface area contributed by atoms with Crippen LogP contribution in [0.2, 0.25) is 0 Å². The van der Waals surface area contributed by atoms with Crippen LogP contribution in [0.5, 0.6) is 0 Å². The molecule has 2 aromatic heterocycles. The number of ether oxygens (including phenoxy) is 2. The molecule has 72 heavy (non-hydrogen) atoms. The fraction of sp³-hybridized carbons (Fsp3) is 0.519. The van der Waals surface area contributed by atoms with Gasteiger partial charge in [0.25, 0.3) is 0 Å². The van der Waals surface area contributed by atoms with Gasteiger partial charge >= 0.3 is 12.1 Å². The van der Waals surface area contributed by atoms with E-state index in [1.54, 1.807) is 54.4 Å². The number of benzene rings is 2. The van der Waals surface area contributed by atoms with Gasteiger partial charge in [-0.25, -0.2) is 4.39 Å². The average Bonchev–Trinajstić information content (AvgIpc) is 3.85. The normalized spacial score (nSPS) is 21.2. The van der Waals surface area contributed by atoms with Crippen LogP contribution in [0.1, 0.15) is 82.4 Å². The molecule has 6 bridgehead atoms. The minimum atomic E-state index is -4.63. The van der Waals surface area contributed by atoms with Crippen molar-refractivity contribution in [1.29, 1.82) is 0 Å². The number of fused-ring (bicyclic) bond motifs is 7. The molecule has 0 spiro atoms. The van der Waals surface area contributed by atoms with E-state index in [1.807, 2.05) is 51.8 Å². The van der Waals surface area contributed by atoms with Crippen LogP contribution in [-0.4, -0.2) is 116 Å². The maximum atomic E-state index is 15.2. The van der Waals surface area contributed by atoms with Gasteiger partial charge in [-0.1, -0.05) is 87.3 Å². The Hall–Kier alpha value is -4.79. The van der Waals surface area contributed by atoms with Crippen LogP contribution < -0.4 is 5.43 Å². The van der Waals surface area contributed by atoms with E-state index in [2.05, 4.69) is 39.6 Å². The van der Waals surface area contributed by atoms with Gasteiger partial charge in [0.05, 0.1) is 40.0 Å². The van der Waals surface area contributed by atoms with Crippen molar-refractivity contribution in [3.8, 4) is 22.4 Å². The number of esters is 1. The molecule has 5 heterocycles. The predicted molar refractivity (Wildman–Crippen MR) is 282 cm³/mol. The second-order valence-corrected chi connectivity index (χ2v) is 22.5. The minimum Gasteiger partial charge on any atom is -0.465 e. The quantitative estimate of drug-likeness (QED) is 0.0346. The first-order valence-corrected chi connectivity index (χ1v) is 26.2. The molecule has 2 unspecified atom stereocenters. The summed E-state index contributed by atoms with van der Waals surface area (Å²) < 4.78 is 71.7. The summed E-state index contributed by atoms with van der Waals surface area (Å²) >= 11 is 7.90. The summed E-state index contributed by atoms with van der Waals surface area (Å²) in [5.41, 5.74) is 6.30. The van der Waals surface area contributed by atoms with Crippen LogP contribution in [0.25, 0.3) is 33.3 Å². The number of methoxy groups -OCH3 is 1. The van der Waals surface area contributed by atoms with Crippen LogP contribution in [0.15, 0.2) is 67.4 Å². The number of halogens is 5. The molecular weight excluding hydrogens is 1060 g/mol. The molecular formula is C54H65F4IN6O6S. The van der Waals surface area contributed by atoms with E-state index in [1.165, 1.54) is 22.8 Å². The Labute approximate surface area is 438 Å². The van der Waals surface area contributed by atoms with E-state index in [0.717, 1.165) is 6.42 Å². The maximum Gasteiger partial charge on any atom is 0.406 e. The molecule has 3 aliphatic heterocycles. The first-order chi connectivity index (χ1) is 34.0. The monoisotopic (exact) mass is 1130 g/mol. The fourth-order valence-electron chi connectivity index (χ4n) is 10.8. The van der Waals surface area contributed by atoms with E-state index in [9.17, 15) is 22.8 Å². The standard InChI is InChI=1S/C54H65F4IN6O6S/c1-9-44(66)63-19-16-33(28-63)27-62(7)47(31(2)3)49(67)45(59)41-23-34-20-35(26-55)22-37(21-34)36-14-15-43-40(24-36)42(48(64(43)29-54(56,57)58)38-12-10-17-60-46(38)32(4)70-8)25-53(5,6)30-71-52(69)39-13-11-18-65(51(41)68)61-50(39)72/h9-10,12,14-15,17,20-22,24,31-33,39,41,45,47H,1,11,13,16,18-19,23,25-30H2,2-8H3,(H,61,72)/t32-,33?,39+,41+,45?,47-/m0/s1. The molecule has 3 aliphatic rings. The van der Waals surface area contributed by atoms with E-state index in [-0.39, 0.29) is 60.9 Å². The number of pyridine rings is 1. The zero-order chi connectivity index (χ0) is 52.4. The molecule has 0 saturated carbocycles. The van der Waals surface area contributed by atoms with E-state index >= 15 is 14.0 Å². The molecule has 6 atom stereocenters. The highest BCUT2D eigenvalue weighted by Gasteiger charge is 2.43. The number of carbonyl (C=O) groups excluding carboxylic acids is 4. The number of alkyl halides is 5. The van der Waals surface area contributed by atoms with Gasteiger partial charge < -0.3 is 18.9 Å². The van der Waals surface area contributed by atoms with Crippen LogP contribution in [-0.2, 0) is 54.7 Å². The fourth-order valence-corrected chi connectivity index (χ4v) is 12.0. The largest absolute Gasteiger partial charge is 0.465 e. The number of nitrogens with one attached hydrogen (secondary N) is 1. The Balaban J connectivity index is 1.38. The summed E-state index contributed by atoms with van der Waals surface area (Å²) in [5.74, 6) is -3.28. The zero-order valence-corrected chi connectivity index (χ0v) is 45.0. The van der Waals surface area contributed by atoms with Gasteiger partial charge in [0.1, 0.15) is 24.1 Å². The van der Waals surface area contributed by atoms with Crippen LogP contribution in [0.3, 0.4) is 0 Å². The average molecular weight is 1130 g/mol. The number of likely N-dealkylation sites (N-methyl/N-ethyl adjacent to an activating group) is 1. The highest BCUT2D eigenvalue weighted by molar-refractivity contribution is 14.1. The van der Waals surface area contributed by atoms with E-state index < -0.39 is 64.6 Å². The third-order valence-corrected chi connectivity index (χ3v) is 16.1. The summed E-state index contributed by atoms with van der Waals surface area (Å²) in [6, 6.07) is 13.2. The molecule has 388 valence electrons. The van der Waals surface area contributed by atoms with Gasteiger partial charge in [-0.05, 0) is 122 Å². The maximum absolute atomic E-state index is 15.2. The number of rotatable bonds is 13. The van der Waals surface area contributed by atoms with Gasteiger partial charge in [0.2, 0.25) is 11.8 Å². The lowest BCUT2D eigenvalue weighted by Gasteiger charge is -2.36. The van der Waals surface area contributed by atoms with Crippen LogP contribution in [0, 0.1) is 29.1 Å². The summed E-state index contributed by atoms with van der Waals surface area (Å²) in [6.07, 6.45) is -0.754. The van der Waals surface area contributed by atoms with E-state index in [4.69, 9.17) is 21.7 Å². The number of thiocarbonyl (C=S) groups is 1. The highest BCUT2D eigenvalue weighted by atomic mass is 127. The van der Waals surface area contributed by atoms with Crippen molar-refractivity contribution in [2.24, 2.45) is 29.1 Å². The van der Waals surface area contributed by atoms with Gasteiger partial charge in [-0.2, -0.15) is 13.2 Å². The van der Waals surface area contributed by atoms with Gasteiger partial charge in [-0.3, -0.25) is 39.5 Å². The number of nitrogens with zero attached hydrogens (tertiary/aromatic N) is 5. The minimum absolute atomic E-state index is 0.0144. The number of hydrogen-bond donors (Lipinski definition) is 1. The highest BCUT2D eigenvalue weighted by Crippen LogP contribution is 2.43. The number of likely N-dealkylation sites (tertiary alicyclic amines) is 1. The first-order valence-electron chi connectivity index (χ1n) is 24.5. The number of carbonyl (C=O) groups is 4. The molecule has 0 aliphatic carbocycles. The van der Waals surface area contributed by atoms with Crippen molar-refractivity contribution in [1.82, 2.24) is 29.8 Å². The van der Waals surface area contributed by atoms with Crippen molar-refractivity contribution in [2.75, 3.05) is 46.9 Å². The lowest BCUT2D eigenvalue weighted by Crippen LogP contribution is -2.54. The Morgan fingerprint density at radius 1 is 1.10 bits per heavy atom. The second-order valence-electron chi connectivity index (χ2n) is 20.7. The molecule has 2 amide bonds. The second kappa shape index (κ2) is 22.8. The first kappa shape index (κ1) is 55.0. The number of aromatic nitrogens is 2. The third kappa shape index (κ3) is 12.2. The third-order valence-electron chi connectivity index (χ3n) is 14.2. The molecule has 2 fully saturated rings. The van der Waals surface area contributed by atoms with Crippen molar-refractivity contribution < 1.29 is 46.2 Å². The van der Waals surface area contributed by atoms with Gasteiger partial charge in [0, 0.05) is 61.4 Å². The van der Waals surface area contributed by atoms with Crippen molar-refractivity contribution in [3.05, 3.63) is 89.8 Å². The van der Waals surface area contributed by atoms with Crippen LogP contribution >= 0.6 is 34.8 Å². The number of amides is 2. The van der Waals surface area contributed by atoms with Gasteiger partial charge in [0.15, 0.2) is 5.78 Å². The molecule has 12 nitrogen and oxygen atoms in total.